The molecule has 1 aromatic heterocycles. The SMILES string of the molecule is CC(C)c1cc(C(=O)N(C)c2ccccc2)cc(N)n1. The summed E-state index contributed by atoms with van der Waals surface area (Å²) in [5, 5.41) is 0. The first-order chi connectivity index (χ1) is 9.49. The number of anilines is 2. The van der Waals surface area contributed by atoms with E-state index in [1.807, 2.05) is 50.2 Å². The molecule has 0 atom stereocenters. The summed E-state index contributed by atoms with van der Waals surface area (Å²) in [6.45, 7) is 4.05. The molecule has 0 aliphatic heterocycles. The van der Waals surface area contributed by atoms with Gasteiger partial charge >= 0.3 is 0 Å². The quantitative estimate of drug-likeness (QED) is 0.931. The van der Waals surface area contributed by atoms with Crippen LogP contribution in [0.1, 0.15) is 35.8 Å². The zero-order chi connectivity index (χ0) is 14.7. The number of para-hydroxylation sites is 1. The standard InChI is InChI=1S/C16H19N3O/c1-11(2)14-9-12(10-15(17)18-14)16(20)19(3)13-7-5-4-6-8-13/h4-11H,1-3H3,(H2,17,18). The summed E-state index contributed by atoms with van der Waals surface area (Å²) in [6, 6.07) is 12.9. The van der Waals surface area contributed by atoms with E-state index < -0.39 is 0 Å². The van der Waals surface area contributed by atoms with Crippen molar-refractivity contribution in [3.05, 3.63) is 53.7 Å². The normalized spacial score (nSPS) is 10.6. The van der Waals surface area contributed by atoms with Gasteiger partial charge in [0.1, 0.15) is 5.82 Å². The summed E-state index contributed by atoms with van der Waals surface area (Å²) in [4.78, 5) is 18.4. The number of rotatable bonds is 3. The third kappa shape index (κ3) is 2.96. The highest BCUT2D eigenvalue weighted by Gasteiger charge is 2.16. The smallest absolute Gasteiger partial charge is 0.258 e. The molecule has 0 bridgehead atoms. The molecule has 1 aromatic carbocycles. The number of carbonyl (C=O) groups excluding carboxylic acids is 1. The van der Waals surface area contributed by atoms with E-state index in [4.69, 9.17) is 5.73 Å². The Hall–Kier alpha value is -2.36. The van der Waals surface area contributed by atoms with Crippen LogP contribution in [-0.2, 0) is 0 Å². The van der Waals surface area contributed by atoms with Crippen LogP contribution in [0, 0.1) is 0 Å². The van der Waals surface area contributed by atoms with Crippen LogP contribution < -0.4 is 10.6 Å². The Morgan fingerprint density at radius 1 is 1.20 bits per heavy atom. The van der Waals surface area contributed by atoms with E-state index in [2.05, 4.69) is 4.98 Å². The molecule has 4 nitrogen and oxygen atoms in total. The lowest BCUT2D eigenvalue weighted by atomic mass is 10.1. The highest BCUT2D eigenvalue weighted by molar-refractivity contribution is 6.06. The first-order valence-corrected chi connectivity index (χ1v) is 6.59. The number of hydrogen-bond donors (Lipinski definition) is 1. The first-order valence-electron chi connectivity index (χ1n) is 6.59. The second-order valence-electron chi connectivity index (χ2n) is 5.06. The molecule has 20 heavy (non-hydrogen) atoms. The van der Waals surface area contributed by atoms with Gasteiger partial charge in [-0.1, -0.05) is 32.0 Å². The van der Waals surface area contributed by atoms with E-state index in [0.717, 1.165) is 11.4 Å². The predicted octanol–water partition coefficient (Wildman–Crippen LogP) is 3.06. The average molecular weight is 269 g/mol. The molecular weight excluding hydrogens is 250 g/mol. The van der Waals surface area contributed by atoms with Gasteiger partial charge in [-0.3, -0.25) is 4.79 Å². The summed E-state index contributed by atoms with van der Waals surface area (Å²) in [5.74, 6) is 0.514. The van der Waals surface area contributed by atoms with Crippen LogP contribution in [0.4, 0.5) is 11.5 Å². The Morgan fingerprint density at radius 2 is 1.85 bits per heavy atom. The second kappa shape index (κ2) is 5.74. The minimum absolute atomic E-state index is 0.0906. The zero-order valence-electron chi connectivity index (χ0n) is 12.0. The summed E-state index contributed by atoms with van der Waals surface area (Å²) < 4.78 is 0. The van der Waals surface area contributed by atoms with Crippen LogP contribution in [-0.4, -0.2) is 17.9 Å². The highest BCUT2D eigenvalue weighted by Crippen LogP contribution is 2.19. The van der Waals surface area contributed by atoms with Crippen LogP contribution in [0.3, 0.4) is 0 Å². The van der Waals surface area contributed by atoms with Gasteiger partial charge in [0.25, 0.3) is 5.91 Å². The molecule has 0 saturated heterocycles. The van der Waals surface area contributed by atoms with Crippen molar-refractivity contribution in [1.82, 2.24) is 4.98 Å². The fraction of sp³-hybridized carbons (Fsp3) is 0.250. The molecule has 2 rings (SSSR count). The number of carbonyl (C=O) groups is 1. The molecule has 0 radical (unpaired) electrons. The number of hydrogen-bond acceptors (Lipinski definition) is 3. The number of nitrogens with zero attached hydrogens (tertiary/aromatic N) is 2. The van der Waals surface area contributed by atoms with Crippen molar-refractivity contribution in [2.45, 2.75) is 19.8 Å². The summed E-state index contributed by atoms with van der Waals surface area (Å²) in [7, 11) is 1.75. The summed E-state index contributed by atoms with van der Waals surface area (Å²) in [5.41, 5.74) is 8.03. The molecule has 104 valence electrons. The molecule has 4 heteroatoms. The van der Waals surface area contributed by atoms with Gasteiger partial charge < -0.3 is 10.6 Å². The largest absolute Gasteiger partial charge is 0.384 e. The van der Waals surface area contributed by atoms with E-state index >= 15 is 0 Å². The lowest BCUT2D eigenvalue weighted by Gasteiger charge is -2.18. The number of nitrogen functional groups attached to an aromatic ring is 1. The molecule has 2 N–H and O–H groups in total. The molecule has 0 fully saturated rings. The van der Waals surface area contributed by atoms with Gasteiger partial charge in [0, 0.05) is 24.0 Å². The monoisotopic (exact) mass is 269 g/mol. The van der Waals surface area contributed by atoms with Crippen molar-refractivity contribution in [1.29, 1.82) is 0 Å². The van der Waals surface area contributed by atoms with E-state index in [1.165, 1.54) is 0 Å². The van der Waals surface area contributed by atoms with Crippen molar-refractivity contribution >= 4 is 17.4 Å². The second-order valence-corrected chi connectivity index (χ2v) is 5.06. The highest BCUT2D eigenvalue weighted by atomic mass is 16.2. The van der Waals surface area contributed by atoms with Gasteiger partial charge in [-0.05, 0) is 30.2 Å². The van der Waals surface area contributed by atoms with Crippen molar-refractivity contribution < 1.29 is 4.79 Å². The minimum atomic E-state index is -0.0906. The Balaban J connectivity index is 2.34. The van der Waals surface area contributed by atoms with Crippen LogP contribution in [0.2, 0.25) is 0 Å². The number of benzene rings is 1. The van der Waals surface area contributed by atoms with Crippen molar-refractivity contribution in [3.63, 3.8) is 0 Å². The fourth-order valence-electron chi connectivity index (χ4n) is 1.96. The van der Waals surface area contributed by atoms with Crippen molar-refractivity contribution in [2.75, 3.05) is 17.7 Å². The summed E-state index contributed by atoms with van der Waals surface area (Å²) >= 11 is 0. The lowest BCUT2D eigenvalue weighted by molar-refractivity contribution is 0.0993. The lowest BCUT2D eigenvalue weighted by Crippen LogP contribution is -2.26. The summed E-state index contributed by atoms with van der Waals surface area (Å²) in [6.07, 6.45) is 0. The van der Waals surface area contributed by atoms with Crippen LogP contribution in [0.5, 0.6) is 0 Å². The molecule has 1 heterocycles. The zero-order valence-corrected chi connectivity index (χ0v) is 12.0. The van der Waals surface area contributed by atoms with Crippen LogP contribution in [0.25, 0.3) is 0 Å². The van der Waals surface area contributed by atoms with E-state index in [0.29, 0.717) is 11.4 Å². The number of amides is 1. The average Bonchev–Trinajstić information content (AvgIpc) is 2.46. The maximum atomic E-state index is 12.5. The molecule has 0 unspecified atom stereocenters. The topological polar surface area (TPSA) is 59.2 Å². The maximum absolute atomic E-state index is 12.5. The van der Waals surface area contributed by atoms with E-state index in [9.17, 15) is 4.79 Å². The molecule has 0 spiro atoms. The Kier molecular flexibility index (Phi) is 4.03. The Labute approximate surface area is 119 Å². The fourth-order valence-corrected chi connectivity index (χ4v) is 1.96. The van der Waals surface area contributed by atoms with Gasteiger partial charge in [0.15, 0.2) is 0 Å². The van der Waals surface area contributed by atoms with Crippen molar-refractivity contribution in [3.8, 4) is 0 Å². The maximum Gasteiger partial charge on any atom is 0.258 e. The number of aromatic nitrogens is 1. The van der Waals surface area contributed by atoms with Crippen LogP contribution >= 0.6 is 0 Å². The van der Waals surface area contributed by atoms with Gasteiger partial charge in [0.05, 0.1) is 0 Å². The minimum Gasteiger partial charge on any atom is -0.384 e. The molecule has 0 aliphatic carbocycles. The molecule has 2 aromatic rings. The third-order valence-electron chi connectivity index (χ3n) is 3.15. The first kappa shape index (κ1) is 14.1. The van der Waals surface area contributed by atoms with Gasteiger partial charge in [-0.2, -0.15) is 0 Å². The third-order valence-corrected chi connectivity index (χ3v) is 3.15. The predicted molar refractivity (Wildman–Crippen MR) is 81.9 cm³/mol. The Bertz CT molecular complexity index is 608. The Morgan fingerprint density at radius 3 is 2.45 bits per heavy atom. The molecule has 1 amide bonds. The molecule has 0 aliphatic rings. The van der Waals surface area contributed by atoms with Gasteiger partial charge in [-0.25, -0.2) is 4.98 Å². The molecule has 0 saturated carbocycles. The van der Waals surface area contributed by atoms with E-state index in [1.54, 1.807) is 18.0 Å². The number of nitrogens with two attached hydrogens (primary N) is 1. The van der Waals surface area contributed by atoms with Gasteiger partial charge in [0.2, 0.25) is 0 Å². The van der Waals surface area contributed by atoms with Gasteiger partial charge in [-0.15, -0.1) is 0 Å². The van der Waals surface area contributed by atoms with Crippen LogP contribution in [0.15, 0.2) is 42.5 Å². The van der Waals surface area contributed by atoms with Crippen molar-refractivity contribution in [2.24, 2.45) is 0 Å². The number of pyridine rings is 1. The molecular formula is C16H19N3O. The van der Waals surface area contributed by atoms with E-state index in [-0.39, 0.29) is 11.8 Å².